The summed E-state index contributed by atoms with van der Waals surface area (Å²) in [5.74, 6) is -0.0369. The number of thiazole rings is 1. The van der Waals surface area contributed by atoms with Crippen LogP contribution < -0.4 is 0 Å². The van der Waals surface area contributed by atoms with Gasteiger partial charge in [0, 0.05) is 32.7 Å². The molecule has 2 aromatic heterocycles. The topological polar surface area (TPSA) is 53.5 Å². The Kier molecular flexibility index (Phi) is 6.26. The number of rotatable bonds is 6. The van der Waals surface area contributed by atoms with Gasteiger partial charge >= 0.3 is 0 Å². The lowest BCUT2D eigenvalue weighted by Gasteiger charge is -2.20. The van der Waals surface area contributed by atoms with Crippen LogP contribution in [0.25, 0.3) is 9.88 Å². The predicted octanol–water partition coefficient (Wildman–Crippen LogP) is 4.54. The zero-order chi connectivity index (χ0) is 20.3. The molecule has 5 nitrogen and oxygen atoms in total. The quantitative estimate of drug-likeness (QED) is 0.596. The van der Waals surface area contributed by atoms with Crippen molar-refractivity contribution in [1.82, 2.24) is 14.8 Å². The highest BCUT2D eigenvalue weighted by molar-refractivity contribution is 7.22. The first kappa shape index (κ1) is 20.2. The first-order valence-corrected chi connectivity index (χ1v) is 10.7. The number of benzene rings is 1. The highest BCUT2D eigenvalue weighted by Gasteiger charge is 2.21. The summed E-state index contributed by atoms with van der Waals surface area (Å²) in [4.78, 5) is 34.8. The van der Waals surface area contributed by atoms with Gasteiger partial charge < -0.3 is 9.80 Å². The van der Waals surface area contributed by atoms with E-state index in [2.05, 4.69) is 4.98 Å². The maximum atomic E-state index is 13.1. The van der Waals surface area contributed by atoms with E-state index in [-0.39, 0.29) is 11.8 Å². The third kappa shape index (κ3) is 4.31. The van der Waals surface area contributed by atoms with Crippen LogP contribution in [0, 0.1) is 6.92 Å². The summed E-state index contributed by atoms with van der Waals surface area (Å²) >= 11 is 3.07. The van der Waals surface area contributed by atoms with Gasteiger partial charge in [-0.15, -0.1) is 22.7 Å². The molecule has 0 saturated carbocycles. The van der Waals surface area contributed by atoms with Crippen molar-refractivity contribution in [3.63, 3.8) is 0 Å². The monoisotopic (exact) mass is 413 g/mol. The highest BCUT2D eigenvalue weighted by atomic mass is 32.1. The number of hydrogen-bond donors (Lipinski definition) is 0. The van der Waals surface area contributed by atoms with Gasteiger partial charge in [0.2, 0.25) is 0 Å². The van der Waals surface area contributed by atoms with Crippen molar-refractivity contribution in [3.8, 4) is 9.88 Å². The van der Waals surface area contributed by atoms with Crippen molar-refractivity contribution < 1.29 is 9.59 Å². The summed E-state index contributed by atoms with van der Waals surface area (Å²) in [7, 11) is 3.46. The second kappa shape index (κ2) is 8.67. The molecule has 7 heteroatoms. The summed E-state index contributed by atoms with van der Waals surface area (Å²) in [6.07, 6.45) is 0. The summed E-state index contributed by atoms with van der Waals surface area (Å²) in [5.41, 5.74) is 2.40. The van der Waals surface area contributed by atoms with Gasteiger partial charge in [-0.05, 0) is 43.0 Å². The van der Waals surface area contributed by atoms with Crippen molar-refractivity contribution >= 4 is 34.5 Å². The van der Waals surface area contributed by atoms with Crippen LogP contribution in [-0.4, -0.2) is 47.2 Å². The van der Waals surface area contributed by atoms with Gasteiger partial charge in [0.05, 0.1) is 10.6 Å². The average molecular weight is 414 g/mol. The minimum absolute atomic E-state index is 0.00579. The van der Waals surface area contributed by atoms with Gasteiger partial charge in [-0.1, -0.05) is 18.2 Å². The van der Waals surface area contributed by atoms with Crippen LogP contribution in [0.3, 0.4) is 0 Å². The molecule has 0 aliphatic carbocycles. The number of amides is 2. The Bertz CT molecular complexity index is 960. The number of thiophene rings is 1. The van der Waals surface area contributed by atoms with E-state index in [0.717, 1.165) is 21.1 Å². The van der Waals surface area contributed by atoms with Crippen molar-refractivity contribution in [1.29, 1.82) is 0 Å². The normalized spacial score (nSPS) is 10.7. The van der Waals surface area contributed by atoms with Crippen LogP contribution in [0.1, 0.15) is 38.2 Å². The summed E-state index contributed by atoms with van der Waals surface area (Å²) < 4.78 is 0. The van der Waals surface area contributed by atoms with Gasteiger partial charge in [-0.25, -0.2) is 4.98 Å². The lowest BCUT2D eigenvalue weighted by molar-refractivity contribution is 0.0755. The number of carbonyl (C=O) groups is 2. The molecule has 0 spiro atoms. The molecule has 28 heavy (non-hydrogen) atoms. The Morgan fingerprint density at radius 1 is 1.07 bits per heavy atom. The van der Waals surface area contributed by atoms with Crippen LogP contribution in [0.15, 0.2) is 41.8 Å². The molecule has 0 aliphatic heterocycles. The summed E-state index contributed by atoms with van der Waals surface area (Å²) in [6.45, 7) is 4.95. The molecule has 3 rings (SSSR count). The molecule has 0 fully saturated rings. The minimum atomic E-state index is -0.0311. The Morgan fingerprint density at radius 2 is 1.79 bits per heavy atom. The van der Waals surface area contributed by atoms with E-state index in [0.29, 0.717) is 23.5 Å². The molecule has 0 atom stereocenters. The molecule has 146 valence electrons. The van der Waals surface area contributed by atoms with Crippen LogP contribution in [0.4, 0.5) is 0 Å². The first-order chi connectivity index (χ1) is 13.4. The lowest BCUT2D eigenvalue weighted by atomic mass is 10.1. The van der Waals surface area contributed by atoms with E-state index in [1.807, 2.05) is 60.5 Å². The van der Waals surface area contributed by atoms with Crippen LogP contribution >= 0.6 is 22.7 Å². The van der Waals surface area contributed by atoms with Gasteiger partial charge in [-0.3, -0.25) is 9.59 Å². The molecule has 0 N–H and O–H groups in total. The van der Waals surface area contributed by atoms with E-state index < -0.39 is 0 Å². The second-order valence-electron chi connectivity index (χ2n) is 6.63. The third-order valence-corrected chi connectivity index (χ3v) is 6.56. The lowest BCUT2D eigenvalue weighted by Crippen LogP contribution is -2.30. The summed E-state index contributed by atoms with van der Waals surface area (Å²) in [6, 6.07) is 11.4. The number of nitrogens with zero attached hydrogens (tertiary/aromatic N) is 3. The maximum absolute atomic E-state index is 13.1. The number of carbonyl (C=O) groups excluding carboxylic acids is 2. The zero-order valence-corrected chi connectivity index (χ0v) is 18.1. The predicted molar refractivity (Wildman–Crippen MR) is 115 cm³/mol. The fraction of sp³-hybridized carbons (Fsp3) is 0.286. The molecule has 0 aliphatic rings. The fourth-order valence-corrected chi connectivity index (χ4v) is 4.63. The van der Waals surface area contributed by atoms with Crippen LogP contribution in [-0.2, 0) is 6.54 Å². The van der Waals surface area contributed by atoms with E-state index in [9.17, 15) is 9.59 Å². The number of hydrogen-bond acceptors (Lipinski definition) is 5. The van der Waals surface area contributed by atoms with E-state index in [1.54, 1.807) is 30.3 Å². The van der Waals surface area contributed by atoms with E-state index in [1.165, 1.54) is 11.3 Å². The molecular formula is C21H23N3O2S2. The second-order valence-corrected chi connectivity index (χ2v) is 8.57. The van der Waals surface area contributed by atoms with Crippen LogP contribution in [0.2, 0.25) is 0 Å². The highest BCUT2D eigenvalue weighted by Crippen LogP contribution is 2.31. The Morgan fingerprint density at radius 3 is 2.36 bits per heavy atom. The Balaban J connectivity index is 1.76. The first-order valence-electron chi connectivity index (χ1n) is 9.02. The minimum Gasteiger partial charge on any atom is -0.345 e. The van der Waals surface area contributed by atoms with E-state index in [4.69, 9.17) is 0 Å². The average Bonchev–Trinajstić information content (AvgIpc) is 3.35. The Labute approximate surface area is 173 Å². The van der Waals surface area contributed by atoms with Gasteiger partial charge in [-0.2, -0.15) is 0 Å². The van der Waals surface area contributed by atoms with Gasteiger partial charge in [0.1, 0.15) is 9.88 Å². The van der Waals surface area contributed by atoms with Crippen molar-refractivity contribution in [2.24, 2.45) is 0 Å². The molecule has 1 aromatic carbocycles. The van der Waals surface area contributed by atoms with Gasteiger partial charge in [0.15, 0.2) is 0 Å². The van der Waals surface area contributed by atoms with E-state index >= 15 is 0 Å². The standard InChI is InChI=1S/C21H23N3O2S2/c1-5-24(13-15-8-10-16(11-9-15)20(25)23(3)4)21(26)18-14(2)22-19(28-18)17-7-6-12-27-17/h6-12H,5,13H2,1-4H3. The molecule has 0 radical (unpaired) electrons. The zero-order valence-electron chi connectivity index (χ0n) is 16.4. The molecular weight excluding hydrogens is 390 g/mol. The van der Waals surface area contributed by atoms with Crippen molar-refractivity contribution in [3.05, 3.63) is 63.5 Å². The third-order valence-electron chi connectivity index (χ3n) is 4.37. The molecule has 0 unspecified atom stereocenters. The molecule has 2 heterocycles. The summed E-state index contributed by atoms with van der Waals surface area (Å²) in [5, 5.41) is 2.90. The largest absolute Gasteiger partial charge is 0.345 e. The SMILES string of the molecule is CCN(Cc1ccc(C(=O)N(C)C)cc1)C(=O)c1sc(-c2cccs2)nc1C. The van der Waals surface area contributed by atoms with Crippen molar-refractivity contribution in [2.45, 2.75) is 20.4 Å². The van der Waals surface area contributed by atoms with Crippen molar-refractivity contribution in [2.75, 3.05) is 20.6 Å². The molecule has 0 bridgehead atoms. The fourth-order valence-electron chi connectivity index (χ4n) is 2.80. The molecule has 2 amide bonds. The van der Waals surface area contributed by atoms with Gasteiger partial charge in [0.25, 0.3) is 11.8 Å². The number of aryl methyl sites for hydroxylation is 1. The molecule has 0 saturated heterocycles. The smallest absolute Gasteiger partial charge is 0.266 e. The number of aromatic nitrogens is 1. The molecule has 3 aromatic rings. The van der Waals surface area contributed by atoms with Crippen LogP contribution in [0.5, 0.6) is 0 Å². The Hall–Kier alpha value is -2.51. The maximum Gasteiger partial charge on any atom is 0.266 e.